The first-order chi connectivity index (χ1) is 9.41. The van der Waals surface area contributed by atoms with Gasteiger partial charge in [0.1, 0.15) is 5.69 Å². The minimum absolute atomic E-state index is 0.504. The van der Waals surface area contributed by atoms with Gasteiger partial charge in [-0.1, -0.05) is 6.08 Å². The van der Waals surface area contributed by atoms with Crippen molar-refractivity contribution < 1.29 is 13.2 Å². The van der Waals surface area contributed by atoms with Crippen molar-refractivity contribution in [3.05, 3.63) is 48.6 Å². The molecular formula is C13H13F3N4. The molecule has 0 saturated heterocycles. The Morgan fingerprint density at radius 1 is 1.40 bits per heavy atom. The Morgan fingerprint density at radius 2 is 2.15 bits per heavy atom. The van der Waals surface area contributed by atoms with Gasteiger partial charge < -0.3 is 5.32 Å². The van der Waals surface area contributed by atoms with E-state index in [0.29, 0.717) is 18.2 Å². The van der Waals surface area contributed by atoms with E-state index in [-0.39, 0.29) is 0 Å². The molecule has 20 heavy (non-hydrogen) atoms. The minimum atomic E-state index is -4.44. The van der Waals surface area contributed by atoms with E-state index in [1.54, 1.807) is 23.8 Å². The largest absolute Gasteiger partial charge is 0.433 e. The van der Waals surface area contributed by atoms with Crippen LogP contribution in [0.2, 0.25) is 0 Å². The molecule has 2 aromatic rings. The molecule has 2 rings (SSSR count). The smallest absolute Gasteiger partial charge is 0.352 e. The monoisotopic (exact) mass is 282 g/mol. The fraction of sp³-hybridized carbons (Fsp3) is 0.231. The first-order valence-electron chi connectivity index (χ1n) is 5.86. The number of imidazole rings is 1. The van der Waals surface area contributed by atoms with E-state index in [0.717, 1.165) is 11.8 Å². The summed E-state index contributed by atoms with van der Waals surface area (Å²) in [6.07, 6.45) is 0.116. The summed E-state index contributed by atoms with van der Waals surface area (Å²) >= 11 is 0. The highest BCUT2D eigenvalue weighted by atomic mass is 19.4. The predicted octanol–water partition coefficient (Wildman–Crippen LogP) is 3.19. The second-order valence-electron chi connectivity index (χ2n) is 4.14. The average Bonchev–Trinajstić information content (AvgIpc) is 2.76. The number of rotatable bonds is 4. The maximum absolute atomic E-state index is 12.5. The number of nitrogens with one attached hydrogen (secondary N) is 1. The number of hydrogen-bond donors (Lipinski definition) is 1. The number of aromatic nitrogens is 3. The van der Waals surface area contributed by atoms with Gasteiger partial charge in [-0.2, -0.15) is 13.2 Å². The summed E-state index contributed by atoms with van der Waals surface area (Å²) in [7, 11) is 0. The van der Waals surface area contributed by atoms with Crippen LogP contribution in [-0.2, 0) is 6.18 Å². The van der Waals surface area contributed by atoms with Crippen molar-refractivity contribution in [2.45, 2.75) is 13.1 Å². The van der Waals surface area contributed by atoms with Gasteiger partial charge in [-0.05, 0) is 19.1 Å². The molecule has 0 aliphatic carbocycles. The van der Waals surface area contributed by atoms with Crippen LogP contribution in [0.3, 0.4) is 0 Å². The first-order valence-corrected chi connectivity index (χ1v) is 5.86. The summed E-state index contributed by atoms with van der Waals surface area (Å²) in [5, 5.41) is 3.01. The lowest BCUT2D eigenvalue weighted by Crippen LogP contribution is -2.09. The van der Waals surface area contributed by atoms with Gasteiger partial charge in [0.2, 0.25) is 5.95 Å². The Morgan fingerprint density at radius 3 is 2.70 bits per heavy atom. The van der Waals surface area contributed by atoms with Gasteiger partial charge in [-0.15, -0.1) is 6.58 Å². The Hall–Kier alpha value is -2.31. The fourth-order valence-corrected chi connectivity index (χ4v) is 1.68. The molecule has 0 fully saturated rings. The number of pyridine rings is 1. The zero-order chi connectivity index (χ0) is 14.8. The van der Waals surface area contributed by atoms with E-state index >= 15 is 0 Å². The molecule has 2 heterocycles. The zero-order valence-corrected chi connectivity index (χ0v) is 10.8. The summed E-state index contributed by atoms with van der Waals surface area (Å²) in [6.45, 7) is 5.89. The molecule has 0 amide bonds. The van der Waals surface area contributed by atoms with Crippen LogP contribution in [0.25, 0.3) is 5.69 Å². The molecule has 4 nitrogen and oxygen atoms in total. The van der Waals surface area contributed by atoms with Crippen LogP contribution in [0.1, 0.15) is 11.4 Å². The van der Waals surface area contributed by atoms with Gasteiger partial charge in [0.05, 0.1) is 17.6 Å². The highest BCUT2D eigenvalue weighted by Gasteiger charge is 2.32. The Kier molecular flexibility index (Phi) is 3.78. The standard InChI is InChI=1S/C13H13F3N4/c1-3-6-17-12-19-9(2)8-20(12)10-4-5-11(18-7-10)13(14,15)16/h3-5,7-8H,1,6H2,2H3,(H,17,19). The number of alkyl halides is 3. The van der Waals surface area contributed by atoms with Gasteiger partial charge >= 0.3 is 6.18 Å². The van der Waals surface area contributed by atoms with Gasteiger partial charge in [0, 0.05) is 12.7 Å². The van der Waals surface area contributed by atoms with Crippen molar-refractivity contribution in [1.82, 2.24) is 14.5 Å². The van der Waals surface area contributed by atoms with E-state index in [1.165, 1.54) is 12.3 Å². The quantitative estimate of drug-likeness (QED) is 0.876. The van der Waals surface area contributed by atoms with Crippen LogP contribution in [0.4, 0.5) is 19.1 Å². The number of nitrogens with zero attached hydrogens (tertiary/aromatic N) is 3. The maximum Gasteiger partial charge on any atom is 0.433 e. The molecule has 0 radical (unpaired) electrons. The molecule has 0 spiro atoms. The molecule has 0 aromatic carbocycles. The molecule has 0 atom stereocenters. The Bertz CT molecular complexity index is 599. The van der Waals surface area contributed by atoms with E-state index in [9.17, 15) is 13.2 Å². The third kappa shape index (κ3) is 2.98. The predicted molar refractivity (Wildman–Crippen MR) is 69.8 cm³/mol. The molecule has 0 bridgehead atoms. The summed E-state index contributed by atoms with van der Waals surface area (Å²) < 4.78 is 39.0. The van der Waals surface area contributed by atoms with Crippen molar-refractivity contribution in [1.29, 1.82) is 0 Å². The lowest BCUT2D eigenvalue weighted by atomic mass is 10.3. The van der Waals surface area contributed by atoms with Gasteiger partial charge in [-0.3, -0.25) is 4.57 Å². The van der Waals surface area contributed by atoms with Crippen LogP contribution in [0, 0.1) is 6.92 Å². The third-order valence-electron chi connectivity index (χ3n) is 2.55. The second-order valence-corrected chi connectivity index (χ2v) is 4.14. The topological polar surface area (TPSA) is 42.7 Å². The van der Waals surface area contributed by atoms with Crippen LogP contribution in [0.5, 0.6) is 0 Å². The zero-order valence-electron chi connectivity index (χ0n) is 10.8. The summed E-state index contributed by atoms with van der Waals surface area (Å²) in [5.74, 6) is 0.531. The lowest BCUT2D eigenvalue weighted by molar-refractivity contribution is -0.141. The maximum atomic E-state index is 12.5. The van der Waals surface area contributed by atoms with Gasteiger partial charge in [-0.25, -0.2) is 9.97 Å². The summed E-state index contributed by atoms with van der Waals surface area (Å²) in [5.41, 5.74) is 0.334. The average molecular weight is 282 g/mol. The molecule has 0 aliphatic rings. The number of hydrogen-bond acceptors (Lipinski definition) is 3. The first kappa shape index (κ1) is 14.1. The number of halogens is 3. The van der Waals surface area contributed by atoms with Crippen LogP contribution in [-0.4, -0.2) is 21.1 Å². The normalized spacial score (nSPS) is 11.4. The van der Waals surface area contributed by atoms with Crippen LogP contribution < -0.4 is 5.32 Å². The fourth-order valence-electron chi connectivity index (χ4n) is 1.68. The summed E-state index contributed by atoms with van der Waals surface area (Å²) in [4.78, 5) is 7.69. The van der Waals surface area contributed by atoms with Gasteiger partial charge in [0.25, 0.3) is 0 Å². The van der Waals surface area contributed by atoms with Crippen molar-refractivity contribution in [3.63, 3.8) is 0 Å². The van der Waals surface area contributed by atoms with Crippen molar-refractivity contribution in [3.8, 4) is 5.69 Å². The molecule has 106 valence electrons. The lowest BCUT2D eigenvalue weighted by Gasteiger charge is -2.10. The minimum Gasteiger partial charge on any atom is -0.352 e. The Labute approximate surface area is 114 Å². The molecule has 1 N–H and O–H groups in total. The van der Waals surface area contributed by atoms with Crippen molar-refractivity contribution in [2.24, 2.45) is 0 Å². The highest BCUT2D eigenvalue weighted by Crippen LogP contribution is 2.28. The molecule has 0 aliphatic heterocycles. The van der Waals surface area contributed by atoms with Crippen LogP contribution >= 0.6 is 0 Å². The van der Waals surface area contributed by atoms with E-state index in [4.69, 9.17) is 0 Å². The molecular weight excluding hydrogens is 269 g/mol. The number of anilines is 1. The van der Waals surface area contributed by atoms with Crippen molar-refractivity contribution in [2.75, 3.05) is 11.9 Å². The molecule has 2 aromatic heterocycles. The van der Waals surface area contributed by atoms with E-state index in [1.807, 2.05) is 0 Å². The third-order valence-corrected chi connectivity index (χ3v) is 2.55. The SMILES string of the molecule is C=CCNc1nc(C)cn1-c1ccc(C(F)(F)F)nc1. The summed E-state index contributed by atoms with van der Waals surface area (Å²) in [6, 6.07) is 2.30. The molecule has 0 saturated carbocycles. The van der Waals surface area contributed by atoms with E-state index in [2.05, 4.69) is 21.9 Å². The van der Waals surface area contributed by atoms with E-state index < -0.39 is 11.9 Å². The number of aryl methyl sites for hydroxylation is 1. The van der Waals surface area contributed by atoms with Crippen molar-refractivity contribution >= 4 is 5.95 Å². The molecule has 0 unspecified atom stereocenters. The van der Waals surface area contributed by atoms with Crippen LogP contribution in [0.15, 0.2) is 37.2 Å². The van der Waals surface area contributed by atoms with Gasteiger partial charge in [0.15, 0.2) is 0 Å². The Balaban J connectivity index is 2.34. The molecule has 7 heteroatoms. The second kappa shape index (κ2) is 5.36. The highest BCUT2D eigenvalue weighted by molar-refractivity contribution is 5.42.